The van der Waals surface area contributed by atoms with Gasteiger partial charge in [0, 0.05) is 25.2 Å². The summed E-state index contributed by atoms with van der Waals surface area (Å²) in [7, 11) is 0. The molecule has 98 valence electrons. The van der Waals surface area contributed by atoms with Crippen LogP contribution >= 0.6 is 0 Å². The van der Waals surface area contributed by atoms with Gasteiger partial charge in [-0.15, -0.1) is 0 Å². The molecule has 0 N–H and O–H groups in total. The highest BCUT2D eigenvalue weighted by Gasteiger charge is 2.19. The van der Waals surface area contributed by atoms with E-state index in [1.54, 1.807) is 0 Å². The van der Waals surface area contributed by atoms with Crippen LogP contribution in [0.5, 0.6) is 5.75 Å². The Morgan fingerprint density at radius 1 is 1.05 bits per heavy atom. The van der Waals surface area contributed by atoms with Crippen molar-refractivity contribution < 1.29 is 4.74 Å². The SMILES string of the molecule is C[C@H]1CN(Cc2ccccc2)Cc2ccccc2O1. The van der Waals surface area contributed by atoms with Crippen molar-refractivity contribution in [3.63, 3.8) is 0 Å². The lowest BCUT2D eigenvalue weighted by Crippen LogP contribution is -2.30. The van der Waals surface area contributed by atoms with Crippen molar-refractivity contribution in [1.82, 2.24) is 4.90 Å². The fourth-order valence-corrected chi connectivity index (χ4v) is 2.63. The number of para-hydroxylation sites is 1. The predicted octanol–water partition coefficient (Wildman–Crippen LogP) is 3.47. The highest BCUT2D eigenvalue weighted by atomic mass is 16.5. The average Bonchev–Trinajstić information content (AvgIpc) is 2.57. The molecule has 2 aromatic rings. The van der Waals surface area contributed by atoms with E-state index in [0.29, 0.717) is 0 Å². The minimum atomic E-state index is 0.229. The Morgan fingerprint density at radius 2 is 1.79 bits per heavy atom. The number of fused-ring (bicyclic) bond motifs is 1. The van der Waals surface area contributed by atoms with E-state index in [1.807, 2.05) is 6.07 Å². The smallest absolute Gasteiger partial charge is 0.124 e. The van der Waals surface area contributed by atoms with E-state index >= 15 is 0 Å². The molecule has 3 rings (SSSR count). The summed E-state index contributed by atoms with van der Waals surface area (Å²) in [5.41, 5.74) is 2.64. The van der Waals surface area contributed by atoms with E-state index in [9.17, 15) is 0 Å². The largest absolute Gasteiger partial charge is 0.489 e. The van der Waals surface area contributed by atoms with Gasteiger partial charge in [0.05, 0.1) is 0 Å². The van der Waals surface area contributed by atoms with Gasteiger partial charge in [0.15, 0.2) is 0 Å². The van der Waals surface area contributed by atoms with Crippen LogP contribution in [0.3, 0.4) is 0 Å². The van der Waals surface area contributed by atoms with Gasteiger partial charge in [-0.1, -0.05) is 48.5 Å². The first-order chi connectivity index (χ1) is 9.31. The van der Waals surface area contributed by atoms with Gasteiger partial charge in [0.25, 0.3) is 0 Å². The standard InChI is InChI=1S/C17H19NO/c1-14-11-18(12-15-7-3-2-4-8-15)13-16-9-5-6-10-17(16)19-14/h2-10,14H,11-13H2,1H3/t14-/m0/s1. The van der Waals surface area contributed by atoms with Crippen molar-refractivity contribution in [3.05, 3.63) is 65.7 Å². The van der Waals surface area contributed by atoms with Crippen LogP contribution in [0.15, 0.2) is 54.6 Å². The van der Waals surface area contributed by atoms with E-state index in [2.05, 4.69) is 60.4 Å². The molecule has 0 unspecified atom stereocenters. The highest BCUT2D eigenvalue weighted by Crippen LogP contribution is 2.25. The fourth-order valence-electron chi connectivity index (χ4n) is 2.63. The molecule has 2 nitrogen and oxygen atoms in total. The zero-order valence-electron chi connectivity index (χ0n) is 11.3. The Bertz CT molecular complexity index is 538. The maximum Gasteiger partial charge on any atom is 0.124 e. The third-order valence-corrected chi connectivity index (χ3v) is 3.46. The number of rotatable bonds is 2. The molecule has 0 saturated carbocycles. The molecule has 2 heteroatoms. The normalized spacial score (nSPS) is 19.3. The summed E-state index contributed by atoms with van der Waals surface area (Å²) in [6, 6.07) is 19.0. The van der Waals surface area contributed by atoms with Crippen LogP contribution < -0.4 is 4.74 Å². The van der Waals surface area contributed by atoms with Crippen molar-refractivity contribution in [3.8, 4) is 5.75 Å². The molecular weight excluding hydrogens is 234 g/mol. The van der Waals surface area contributed by atoms with Gasteiger partial charge < -0.3 is 4.74 Å². The fraction of sp³-hybridized carbons (Fsp3) is 0.294. The molecule has 0 fully saturated rings. The Hall–Kier alpha value is -1.80. The van der Waals surface area contributed by atoms with Gasteiger partial charge in [-0.25, -0.2) is 0 Å². The molecule has 1 heterocycles. The maximum atomic E-state index is 5.98. The highest BCUT2D eigenvalue weighted by molar-refractivity contribution is 5.34. The second kappa shape index (κ2) is 5.45. The van der Waals surface area contributed by atoms with Gasteiger partial charge >= 0.3 is 0 Å². The minimum absolute atomic E-state index is 0.229. The van der Waals surface area contributed by atoms with Gasteiger partial charge in [-0.2, -0.15) is 0 Å². The molecule has 2 aromatic carbocycles. The first kappa shape index (κ1) is 12.2. The zero-order chi connectivity index (χ0) is 13.1. The van der Waals surface area contributed by atoms with Crippen LogP contribution in [-0.2, 0) is 13.1 Å². The van der Waals surface area contributed by atoms with Crippen LogP contribution in [0.25, 0.3) is 0 Å². The van der Waals surface area contributed by atoms with Gasteiger partial charge in [-0.3, -0.25) is 4.90 Å². The predicted molar refractivity (Wildman–Crippen MR) is 77.1 cm³/mol. The molecule has 1 atom stereocenters. The zero-order valence-corrected chi connectivity index (χ0v) is 11.3. The number of hydrogen-bond donors (Lipinski definition) is 0. The Kier molecular flexibility index (Phi) is 3.51. The van der Waals surface area contributed by atoms with Crippen molar-refractivity contribution in [2.45, 2.75) is 26.1 Å². The van der Waals surface area contributed by atoms with E-state index in [1.165, 1.54) is 11.1 Å². The lowest BCUT2D eigenvalue weighted by atomic mass is 10.1. The van der Waals surface area contributed by atoms with Crippen LogP contribution in [0.2, 0.25) is 0 Å². The van der Waals surface area contributed by atoms with Gasteiger partial charge in [0.2, 0.25) is 0 Å². The monoisotopic (exact) mass is 253 g/mol. The second-order valence-corrected chi connectivity index (χ2v) is 5.19. The van der Waals surface area contributed by atoms with Crippen LogP contribution in [0, 0.1) is 0 Å². The molecule has 0 bridgehead atoms. The number of hydrogen-bond acceptors (Lipinski definition) is 2. The van der Waals surface area contributed by atoms with E-state index in [-0.39, 0.29) is 6.10 Å². The molecule has 0 saturated heterocycles. The molecule has 1 aliphatic rings. The molecule has 0 spiro atoms. The number of ether oxygens (including phenoxy) is 1. The quantitative estimate of drug-likeness (QED) is 0.812. The third kappa shape index (κ3) is 2.96. The minimum Gasteiger partial charge on any atom is -0.489 e. The number of nitrogens with zero attached hydrogens (tertiary/aromatic N) is 1. The lowest BCUT2D eigenvalue weighted by Gasteiger charge is -2.21. The molecule has 1 aliphatic heterocycles. The first-order valence-corrected chi connectivity index (χ1v) is 6.82. The molecule has 0 amide bonds. The van der Waals surface area contributed by atoms with Crippen LogP contribution in [-0.4, -0.2) is 17.5 Å². The molecular formula is C17H19NO. The summed E-state index contributed by atoms with van der Waals surface area (Å²) < 4.78 is 5.98. The lowest BCUT2D eigenvalue weighted by molar-refractivity contribution is 0.156. The Balaban J connectivity index is 1.80. The molecule has 0 aromatic heterocycles. The maximum absolute atomic E-state index is 5.98. The first-order valence-electron chi connectivity index (χ1n) is 6.82. The Morgan fingerprint density at radius 3 is 2.63 bits per heavy atom. The average molecular weight is 253 g/mol. The molecule has 0 aliphatic carbocycles. The van der Waals surface area contributed by atoms with E-state index < -0.39 is 0 Å². The molecule has 0 radical (unpaired) electrons. The summed E-state index contributed by atoms with van der Waals surface area (Å²) >= 11 is 0. The van der Waals surface area contributed by atoms with Crippen molar-refractivity contribution >= 4 is 0 Å². The topological polar surface area (TPSA) is 12.5 Å². The van der Waals surface area contributed by atoms with Gasteiger partial charge in [0.1, 0.15) is 11.9 Å². The summed E-state index contributed by atoms with van der Waals surface area (Å²) in [6.07, 6.45) is 0.229. The van der Waals surface area contributed by atoms with Crippen LogP contribution in [0.4, 0.5) is 0 Å². The van der Waals surface area contributed by atoms with E-state index in [0.717, 1.165) is 25.4 Å². The molecule has 19 heavy (non-hydrogen) atoms. The van der Waals surface area contributed by atoms with Crippen molar-refractivity contribution in [2.24, 2.45) is 0 Å². The second-order valence-electron chi connectivity index (χ2n) is 5.19. The summed E-state index contributed by atoms with van der Waals surface area (Å²) in [5.74, 6) is 1.03. The summed E-state index contributed by atoms with van der Waals surface area (Å²) in [6.45, 7) is 5.03. The number of benzene rings is 2. The van der Waals surface area contributed by atoms with Gasteiger partial charge in [-0.05, 0) is 18.6 Å². The van der Waals surface area contributed by atoms with E-state index in [4.69, 9.17) is 4.74 Å². The van der Waals surface area contributed by atoms with Crippen LogP contribution in [0.1, 0.15) is 18.1 Å². The van der Waals surface area contributed by atoms with Crippen molar-refractivity contribution in [1.29, 1.82) is 0 Å². The summed E-state index contributed by atoms with van der Waals surface area (Å²) in [4.78, 5) is 2.45. The third-order valence-electron chi connectivity index (χ3n) is 3.46. The Labute approximate surface area is 114 Å². The summed E-state index contributed by atoms with van der Waals surface area (Å²) in [5, 5.41) is 0. The van der Waals surface area contributed by atoms with Crippen molar-refractivity contribution in [2.75, 3.05) is 6.54 Å².